The monoisotopic (exact) mass is 345 g/mol. The lowest BCUT2D eigenvalue weighted by molar-refractivity contribution is -0.139. The topological polar surface area (TPSA) is 57.6 Å². The van der Waals surface area contributed by atoms with Gasteiger partial charge in [-0.2, -0.15) is 0 Å². The summed E-state index contributed by atoms with van der Waals surface area (Å²) in [5.41, 5.74) is 0. The van der Waals surface area contributed by atoms with Crippen molar-refractivity contribution >= 4 is 39.1 Å². The molecule has 1 fully saturated rings. The Hall–Kier alpha value is -0.880. The number of halogens is 1. The first-order chi connectivity index (χ1) is 9.06. The van der Waals surface area contributed by atoms with E-state index in [4.69, 9.17) is 5.11 Å². The quantitative estimate of drug-likeness (QED) is 0.892. The zero-order valence-corrected chi connectivity index (χ0v) is 12.9. The summed E-state index contributed by atoms with van der Waals surface area (Å²) in [5, 5.41) is 10.8. The van der Waals surface area contributed by atoms with Crippen LogP contribution in [0.25, 0.3) is 0 Å². The molecule has 1 aliphatic heterocycles. The van der Waals surface area contributed by atoms with Crippen LogP contribution in [0, 0.1) is 0 Å². The van der Waals surface area contributed by atoms with Crippen molar-refractivity contribution in [2.24, 2.45) is 0 Å². The average molecular weight is 346 g/mol. The van der Waals surface area contributed by atoms with Gasteiger partial charge in [0, 0.05) is 33.7 Å². The fraction of sp³-hybridized carbons (Fsp3) is 0.538. The highest BCUT2D eigenvalue weighted by molar-refractivity contribution is 9.10. The fourth-order valence-corrected chi connectivity index (χ4v) is 3.89. The molecule has 4 nitrogen and oxygen atoms in total. The van der Waals surface area contributed by atoms with Crippen LogP contribution in [0.3, 0.4) is 0 Å². The van der Waals surface area contributed by atoms with Gasteiger partial charge in [0.1, 0.15) is 0 Å². The number of carbonyl (C=O) groups excluding carboxylic acids is 1. The first-order valence-electron chi connectivity index (χ1n) is 6.30. The molecule has 0 aliphatic carbocycles. The predicted molar refractivity (Wildman–Crippen MR) is 77.3 cm³/mol. The lowest BCUT2D eigenvalue weighted by atomic mass is 10.1. The molecule has 1 aromatic heterocycles. The van der Waals surface area contributed by atoms with Crippen LogP contribution in [-0.2, 0) is 16.0 Å². The van der Waals surface area contributed by atoms with Gasteiger partial charge in [-0.25, -0.2) is 0 Å². The Morgan fingerprint density at radius 3 is 2.95 bits per heavy atom. The molecule has 104 valence electrons. The van der Waals surface area contributed by atoms with Crippen LogP contribution in [0.15, 0.2) is 15.9 Å². The Kier molecular flexibility index (Phi) is 4.99. The maximum atomic E-state index is 12.1. The highest BCUT2D eigenvalue weighted by Crippen LogP contribution is 2.24. The third-order valence-electron chi connectivity index (χ3n) is 3.31. The number of likely N-dealkylation sites (tertiary alicyclic amines) is 1. The van der Waals surface area contributed by atoms with Crippen molar-refractivity contribution < 1.29 is 14.7 Å². The number of hydrogen-bond acceptors (Lipinski definition) is 3. The summed E-state index contributed by atoms with van der Waals surface area (Å²) in [7, 11) is 0. The molecular formula is C13H16BrNO3S. The zero-order valence-electron chi connectivity index (χ0n) is 10.5. The van der Waals surface area contributed by atoms with Crippen LogP contribution in [-0.4, -0.2) is 34.5 Å². The summed E-state index contributed by atoms with van der Waals surface area (Å²) in [4.78, 5) is 25.8. The van der Waals surface area contributed by atoms with Crippen LogP contribution in [0.5, 0.6) is 0 Å². The summed E-state index contributed by atoms with van der Waals surface area (Å²) in [6.07, 6.45) is 2.97. The van der Waals surface area contributed by atoms with Gasteiger partial charge < -0.3 is 10.0 Å². The number of aliphatic carboxylic acids is 1. The van der Waals surface area contributed by atoms with Crippen molar-refractivity contribution in [3.63, 3.8) is 0 Å². The summed E-state index contributed by atoms with van der Waals surface area (Å²) in [5.74, 6) is -0.750. The maximum absolute atomic E-state index is 12.1. The first-order valence-corrected chi connectivity index (χ1v) is 7.97. The molecule has 6 heteroatoms. The average Bonchev–Trinajstić information content (AvgIpc) is 2.94. The molecule has 2 rings (SSSR count). The SMILES string of the molecule is O=C(O)CC1CCCN1C(=O)CCc1cc(Br)cs1. The van der Waals surface area contributed by atoms with Crippen molar-refractivity contribution in [1.82, 2.24) is 4.90 Å². The second-order valence-electron chi connectivity index (χ2n) is 4.71. The molecule has 1 atom stereocenters. The Labute approximate surface area is 124 Å². The van der Waals surface area contributed by atoms with Crippen LogP contribution in [0.2, 0.25) is 0 Å². The van der Waals surface area contributed by atoms with E-state index in [1.165, 1.54) is 4.88 Å². The number of carboxylic acids is 1. The van der Waals surface area contributed by atoms with Gasteiger partial charge >= 0.3 is 5.97 Å². The lowest BCUT2D eigenvalue weighted by Gasteiger charge is -2.23. The third-order valence-corrected chi connectivity index (χ3v) is 5.07. The standard InChI is InChI=1S/C13H16BrNO3S/c14-9-6-11(19-8-9)3-4-12(16)15-5-1-2-10(15)7-13(17)18/h6,8,10H,1-5,7H2,(H,17,18). The molecule has 0 bridgehead atoms. The lowest BCUT2D eigenvalue weighted by Crippen LogP contribution is -2.36. The number of nitrogens with zero attached hydrogens (tertiary/aromatic N) is 1. The molecule has 0 aromatic carbocycles. The molecule has 19 heavy (non-hydrogen) atoms. The molecular weight excluding hydrogens is 330 g/mol. The maximum Gasteiger partial charge on any atom is 0.305 e. The summed E-state index contributed by atoms with van der Waals surface area (Å²) in [6.45, 7) is 0.699. The largest absolute Gasteiger partial charge is 0.481 e. The van der Waals surface area contributed by atoms with Gasteiger partial charge in [0.25, 0.3) is 0 Å². The summed E-state index contributed by atoms with van der Waals surface area (Å²) >= 11 is 5.03. The molecule has 2 heterocycles. The Morgan fingerprint density at radius 1 is 1.53 bits per heavy atom. The van der Waals surface area contributed by atoms with Crippen molar-refractivity contribution in [2.75, 3.05) is 6.54 Å². The van der Waals surface area contributed by atoms with Crippen molar-refractivity contribution in [3.05, 3.63) is 20.8 Å². The summed E-state index contributed by atoms with van der Waals surface area (Å²) < 4.78 is 1.05. The molecule has 1 aliphatic rings. The van der Waals surface area contributed by atoms with Gasteiger partial charge in [-0.1, -0.05) is 0 Å². The Morgan fingerprint density at radius 2 is 2.32 bits per heavy atom. The van der Waals surface area contributed by atoms with Gasteiger partial charge in [-0.05, 0) is 41.3 Å². The zero-order chi connectivity index (χ0) is 13.8. The third kappa shape index (κ3) is 4.04. The van der Waals surface area contributed by atoms with E-state index in [1.807, 2.05) is 11.4 Å². The van der Waals surface area contributed by atoms with E-state index in [-0.39, 0.29) is 18.4 Å². The molecule has 1 N–H and O–H groups in total. The van der Waals surface area contributed by atoms with Crippen molar-refractivity contribution in [1.29, 1.82) is 0 Å². The van der Waals surface area contributed by atoms with Gasteiger partial charge in [0.15, 0.2) is 0 Å². The first kappa shape index (κ1) is 14.5. The Balaban J connectivity index is 1.86. The minimum atomic E-state index is -0.827. The van der Waals surface area contributed by atoms with Gasteiger partial charge in [0.05, 0.1) is 6.42 Å². The van der Waals surface area contributed by atoms with E-state index < -0.39 is 5.97 Å². The van der Waals surface area contributed by atoms with E-state index in [0.717, 1.165) is 23.7 Å². The van der Waals surface area contributed by atoms with Crippen molar-refractivity contribution in [2.45, 2.75) is 38.1 Å². The predicted octanol–water partition coefficient (Wildman–Crippen LogP) is 2.91. The van der Waals surface area contributed by atoms with Crippen LogP contribution >= 0.6 is 27.3 Å². The number of hydrogen-bond donors (Lipinski definition) is 1. The van der Waals surface area contributed by atoms with E-state index in [9.17, 15) is 9.59 Å². The van der Waals surface area contributed by atoms with E-state index >= 15 is 0 Å². The minimum Gasteiger partial charge on any atom is -0.481 e. The van der Waals surface area contributed by atoms with Gasteiger partial charge in [-0.3, -0.25) is 9.59 Å². The Bertz CT molecular complexity index is 474. The smallest absolute Gasteiger partial charge is 0.305 e. The molecule has 1 aromatic rings. The molecule has 0 radical (unpaired) electrons. The number of amides is 1. The number of thiophene rings is 1. The van der Waals surface area contributed by atoms with Crippen LogP contribution < -0.4 is 0 Å². The number of carbonyl (C=O) groups is 2. The normalized spacial score (nSPS) is 18.8. The van der Waals surface area contributed by atoms with Crippen LogP contribution in [0.1, 0.15) is 30.6 Å². The fourth-order valence-electron chi connectivity index (χ4n) is 2.44. The molecule has 0 spiro atoms. The number of carboxylic acid groups (broad SMARTS) is 1. The highest BCUT2D eigenvalue weighted by Gasteiger charge is 2.29. The second-order valence-corrected chi connectivity index (χ2v) is 6.62. The van der Waals surface area contributed by atoms with E-state index in [1.54, 1.807) is 16.2 Å². The van der Waals surface area contributed by atoms with E-state index in [0.29, 0.717) is 13.0 Å². The summed E-state index contributed by atoms with van der Waals surface area (Å²) in [6, 6.07) is 1.91. The molecule has 1 unspecified atom stereocenters. The number of aryl methyl sites for hydroxylation is 1. The molecule has 1 saturated heterocycles. The second kappa shape index (κ2) is 6.52. The van der Waals surface area contributed by atoms with Gasteiger partial charge in [-0.15, -0.1) is 11.3 Å². The van der Waals surface area contributed by atoms with Crippen molar-refractivity contribution in [3.8, 4) is 0 Å². The van der Waals surface area contributed by atoms with E-state index in [2.05, 4.69) is 15.9 Å². The molecule has 0 saturated carbocycles. The highest BCUT2D eigenvalue weighted by atomic mass is 79.9. The van der Waals surface area contributed by atoms with Crippen LogP contribution in [0.4, 0.5) is 0 Å². The number of rotatable bonds is 5. The molecule has 1 amide bonds. The minimum absolute atomic E-state index is 0.0658. The van der Waals surface area contributed by atoms with Gasteiger partial charge in [0.2, 0.25) is 5.91 Å².